The lowest BCUT2D eigenvalue weighted by atomic mass is 10.0. The highest BCUT2D eigenvalue weighted by Crippen LogP contribution is 2.29. The lowest BCUT2D eigenvalue weighted by Crippen LogP contribution is -2.12. The zero-order chi connectivity index (χ0) is 13.0. The summed E-state index contributed by atoms with van der Waals surface area (Å²) in [6.07, 6.45) is -2.61. The number of carbonyl (C=O) groups excluding carboxylic acids is 1. The van der Waals surface area contributed by atoms with Gasteiger partial charge in [-0.2, -0.15) is 0 Å². The first-order valence-corrected chi connectivity index (χ1v) is 5.70. The van der Waals surface area contributed by atoms with Crippen LogP contribution in [-0.4, -0.2) is 18.1 Å². The minimum atomic E-state index is -2.90. The Bertz CT molecular complexity index is 426. The molecule has 0 saturated heterocycles. The second kappa shape index (κ2) is 6.00. The van der Waals surface area contributed by atoms with Gasteiger partial charge in [0.05, 0.1) is 25.4 Å². The van der Waals surface area contributed by atoms with Crippen LogP contribution in [0, 0.1) is 5.82 Å². The van der Waals surface area contributed by atoms with E-state index in [0.717, 1.165) is 13.3 Å². The van der Waals surface area contributed by atoms with Crippen molar-refractivity contribution in [3.05, 3.63) is 28.8 Å². The lowest BCUT2D eigenvalue weighted by Gasteiger charge is -2.12. The molecule has 0 aliphatic heterocycles. The van der Waals surface area contributed by atoms with Gasteiger partial charge in [0, 0.05) is 16.5 Å². The number of hydrogen-bond donors (Lipinski definition) is 0. The molecule has 0 saturated carbocycles. The van der Waals surface area contributed by atoms with Crippen LogP contribution in [0.25, 0.3) is 0 Å². The van der Waals surface area contributed by atoms with Gasteiger partial charge in [-0.25, -0.2) is 13.2 Å². The average Bonchev–Trinajstić information content (AvgIpc) is 2.30. The van der Waals surface area contributed by atoms with Crippen molar-refractivity contribution in [3.8, 4) is 0 Å². The molecule has 1 aromatic rings. The zero-order valence-corrected chi connectivity index (χ0v) is 10.4. The van der Waals surface area contributed by atoms with Gasteiger partial charge in [-0.05, 0) is 0 Å². The van der Waals surface area contributed by atoms with Gasteiger partial charge in [0.15, 0.2) is 0 Å². The molecule has 0 spiro atoms. The fourth-order valence-corrected chi connectivity index (χ4v) is 1.79. The van der Waals surface area contributed by atoms with E-state index in [0.29, 0.717) is 0 Å². The minimum Gasteiger partial charge on any atom is -0.469 e. The topological polar surface area (TPSA) is 39.2 Å². The SMILES string of the molecule is COC(=O)Cc1c(F)cnc(CBr)c1C(F)F. The third kappa shape index (κ3) is 3.18. The Labute approximate surface area is 104 Å². The second-order valence-electron chi connectivity index (χ2n) is 3.13. The van der Waals surface area contributed by atoms with Gasteiger partial charge in [-0.1, -0.05) is 15.9 Å². The van der Waals surface area contributed by atoms with Crippen molar-refractivity contribution >= 4 is 21.9 Å². The van der Waals surface area contributed by atoms with Crippen LogP contribution in [-0.2, 0) is 21.3 Å². The summed E-state index contributed by atoms with van der Waals surface area (Å²) in [5.41, 5.74) is -0.899. The van der Waals surface area contributed by atoms with E-state index >= 15 is 0 Å². The van der Waals surface area contributed by atoms with E-state index in [1.807, 2.05) is 0 Å². The molecule has 0 fully saturated rings. The Morgan fingerprint density at radius 1 is 1.59 bits per heavy atom. The first-order chi connectivity index (χ1) is 8.01. The van der Waals surface area contributed by atoms with Gasteiger partial charge in [-0.3, -0.25) is 9.78 Å². The summed E-state index contributed by atoms with van der Waals surface area (Å²) in [6.45, 7) is 0. The summed E-state index contributed by atoms with van der Waals surface area (Å²) in [5, 5.41) is 0.0567. The van der Waals surface area contributed by atoms with Crippen LogP contribution in [0.4, 0.5) is 13.2 Å². The molecule has 1 rings (SSSR count). The van der Waals surface area contributed by atoms with Crippen LogP contribution in [0.15, 0.2) is 6.20 Å². The summed E-state index contributed by atoms with van der Waals surface area (Å²) in [4.78, 5) is 14.6. The second-order valence-corrected chi connectivity index (χ2v) is 3.69. The minimum absolute atomic E-state index is 0.0142. The molecule has 0 amide bonds. The molecule has 0 atom stereocenters. The maximum absolute atomic E-state index is 13.4. The number of halogens is 4. The summed E-state index contributed by atoms with van der Waals surface area (Å²) in [6, 6.07) is 0. The number of pyridine rings is 1. The molecule has 17 heavy (non-hydrogen) atoms. The van der Waals surface area contributed by atoms with Crippen molar-refractivity contribution in [2.45, 2.75) is 18.2 Å². The van der Waals surface area contributed by atoms with Crippen LogP contribution in [0.2, 0.25) is 0 Å². The van der Waals surface area contributed by atoms with Crippen LogP contribution < -0.4 is 0 Å². The van der Waals surface area contributed by atoms with Gasteiger partial charge in [0.25, 0.3) is 6.43 Å². The number of nitrogens with zero attached hydrogens (tertiary/aromatic N) is 1. The molecule has 0 aromatic carbocycles. The highest BCUT2D eigenvalue weighted by atomic mass is 79.9. The number of alkyl halides is 3. The third-order valence-corrected chi connectivity index (χ3v) is 2.68. The smallest absolute Gasteiger partial charge is 0.310 e. The Morgan fingerprint density at radius 3 is 2.71 bits per heavy atom. The monoisotopic (exact) mass is 311 g/mol. The van der Waals surface area contributed by atoms with E-state index in [4.69, 9.17) is 0 Å². The first-order valence-electron chi connectivity index (χ1n) is 4.58. The number of rotatable bonds is 4. The Balaban J connectivity index is 3.28. The predicted octanol–water partition coefficient (Wildman–Crippen LogP) is 2.77. The van der Waals surface area contributed by atoms with Crippen molar-refractivity contribution in [1.29, 1.82) is 0 Å². The fourth-order valence-electron chi connectivity index (χ4n) is 1.35. The highest BCUT2D eigenvalue weighted by Gasteiger charge is 2.23. The quantitative estimate of drug-likeness (QED) is 0.634. The molecule has 1 heterocycles. The van der Waals surface area contributed by atoms with Crippen LogP contribution in [0.3, 0.4) is 0 Å². The maximum atomic E-state index is 13.4. The van der Waals surface area contributed by atoms with Crippen molar-refractivity contribution in [2.24, 2.45) is 0 Å². The molecular formula is C10H9BrF3NO2. The number of aromatic nitrogens is 1. The van der Waals surface area contributed by atoms with Gasteiger partial charge in [0.2, 0.25) is 0 Å². The van der Waals surface area contributed by atoms with Crippen molar-refractivity contribution in [2.75, 3.05) is 7.11 Å². The summed E-state index contributed by atoms with van der Waals surface area (Å²) < 4.78 is 43.4. The molecule has 0 unspecified atom stereocenters. The standard InChI is InChI=1S/C10H9BrF3NO2/c1-17-8(16)2-5-6(12)4-15-7(3-11)9(5)10(13)14/h4,10H,2-3H2,1H3. The van der Waals surface area contributed by atoms with Gasteiger partial charge < -0.3 is 4.74 Å². The number of methoxy groups -OCH3 is 1. The Hall–Kier alpha value is -1.11. The predicted molar refractivity (Wildman–Crippen MR) is 57.5 cm³/mol. The molecule has 94 valence electrons. The average molecular weight is 312 g/mol. The Kier molecular flexibility index (Phi) is 4.92. The molecule has 0 aliphatic carbocycles. The number of esters is 1. The normalized spacial score (nSPS) is 10.7. The van der Waals surface area contributed by atoms with E-state index in [1.54, 1.807) is 0 Å². The maximum Gasteiger partial charge on any atom is 0.310 e. The molecule has 3 nitrogen and oxygen atoms in total. The molecule has 7 heteroatoms. The number of carbonyl (C=O) groups is 1. The van der Waals surface area contributed by atoms with E-state index in [2.05, 4.69) is 25.7 Å². The highest BCUT2D eigenvalue weighted by molar-refractivity contribution is 9.08. The number of hydrogen-bond acceptors (Lipinski definition) is 3. The molecule has 1 aromatic heterocycles. The molecule has 0 N–H and O–H groups in total. The lowest BCUT2D eigenvalue weighted by molar-refractivity contribution is -0.139. The van der Waals surface area contributed by atoms with Crippen molar-refractivity contribution in [3.63, 3.8) is 0 Å². The summed E-state index contributed by atoms with van der Waals surface area (Å²) >= 11 is 2.98. The Morgan fingerprint density at radius 2 is 2.24 bits per heavy atom. The number of ether oxygens (including phenoxy) is 1. The summed E-state index contributed by atoms with van der Waals surface area (Å²) in [7, 11) is 1.11. The van der Waals surface area contributed by atoms with Gasteiger partial charge >= 0.3 is 5.97 Å². The van der Waals surface area contributed by atoms with Gasteiger partial charge in [0.1, 0.15) is 5.82 Å². The largest absolute Gasteiger partial charge is 0.469 e. The van der Waals surface area contributed by atoms with Crippen LogP contribution in [0.5, 0.6) is 0 Å². The first kappa shape index (κ1) is 14.0. The van der Waals surface area contributed by atoms with Crippen LogP contribution >= 0.6 is 15.9 Å². The molecular weight excluding hydrogens is 303 g/mol. The van der Waals surface area contributed by atoms with Crippen molar-refractivity contribution < 1.29 is 22.7 Å². The van der Waals surface area contributed by atoms with E-state index in [-0.39, 0.29) is 16.6 Å². The fraction of sp³-hybridized carbons (Fsp3) is 0.400. The van der Waals surface area contributed by atoms with E-state index < -0.39 is 30.2 Å². The zero-order valence-electron chi connectivity index (χ0n) is 8.84. The third-order valence-electron chi connectivity index (χ3n) is 2.15. The molecule has 0 bridgehead atoms. The van der Waals surface area contributed by atoms with E-state index in [9.17, 15) is 18.0 Å². The van der Waals surface area contributed by atoms with Crippen LogP contribution in [0.1, 0.15) is 23.2 Å². The van der Waals surface area contributed by atoms with E-state index in [1.165, 1.54) is 0 Å². The van der Waals surface area contributed by atoms with Gasteiger partial charge in [-0.15, -0.1) is 0 Å². The molecule has 0 radical (unpaired) electrons. The molecule has 0 aliphatic rings. The summed E-state index contributed by atoms with van der Waals surface area (Å²) in [5.74, 6) is -1.71. The van der Waals surface area contributed by atoms with Crippen molar-refractivity contribution in [1.82, 2.24) is 4.98 Å².